The van der Waals surface area contributed by atoms with E-state index in [2.05, 4.69) is 32.3 Å². The van der Waals surface area contributed by atoms with Crippen molar-refractivity contribution in [2.75, 3.05) is 7.05 Å². The van der Waals surface area contributed by atoms with Crippen LogP contribution in [0.15, 0.2) is 22.8 Å². The van der Waals surface area contributed by atoms with Gasteiger partial charge in [0.2, 0.25) is 0 Å². The molecule has 1 saturated carbocycles. The third-order valence-corrected chi connectivity index (χ3v) is 5.00. The lowest BCUT2D eigenvalue weighted by Gasteiger charge is -2.30. The molecule has 2 nitrogen and oxygen atoms in total. The molecule has 0 saturated heterocycles. The van der Waals surface area contributed by atoms with Crippen molar-refractivity contribution in [2.45, 2.75) is 43.7 Å². The molecule has 16 heavy (non-hydrogen) atoms. The van der Waals surface area contributed by atoms with E-state index in [9.17, 15) is 0 Å². The quantitative estimate of drug-likeness (QED) is 0.873. The van der Waals surface area contributed by atoms with Crippen molar-refractivity contribution < 1.29 is 4.42 Å². The Morgan fingerprint density at radius 1 is 1.56 bits per heavy atom. The molecule has 0 amide bonds. The fraction of sp³-hybridized carbons (Fsp3) is 0.692. The molecule has 1 aromatic rings. The summed E-state index contributed by atoms with van der Waals surface area (Å²) >= 11 is 2.02. The number of hydrogen-bond donors (Lipinski definition) is 1. The molecule has 90 valence electrons. The predicted molar refractivity (Wildman–Crippen MR) is 69.7 cm³/mol. The highest BCUT2D eigenvalue weighted by Crippen LogP contribution is 2.43. The molecule has 2 rings (SSSR count). The largest absolute Gasteiger partial charge is 0.468 e. The molecule has 1 aliphatic carbocycles. The van der Waals surface area contributed by atoms with Crippen LogP contribution in [0, 0.1) is 5.41 Å². The van der Waals surface area contributed by atoms with E-state index in [1.165, 1.54) is 12.8 Å². The molecule has 1 heterocycles. The Morgan fingerprint density at radius 3 is 3.00 bits per heavy atom. The number of hydrogen-bond acceptors (Lipinski definition) is 3. The van der Waals surface area contributed by atoms with E-state index in [4.69, 9.17) is 4.42 Å². The maximum atomic E-state index is 5.37. The van der Waals surface area contributed by atoms with E-state index in [1.807, 2.05) is 17.8 Å². The summed E-state index contributed by atoms with van der Waals surface area (Å²) in [6.45, 7) is 4.73. The average molecular weight is 239 g/mol. The molecule has 3 heteroatoms. The number of furan rings is 1. The maximum absolute atomic E-state index is 5.37. The molecular formula is C13H21NOS. The Balaban J connectivity index is 1.91. The lowest BCUT2D eigenvalue weighted by molar-refractivity contribution is 0.300. The van der Waals surface area contributed by atoms with Crippen LogP contribution in [-0.2, 0) is 5.75 Å². The molecule has 0 bridgehead atoms. The fourth-order valence-electron chi connectivity index (χ4n) is 2.68. The van der Waals surface area contributed by atoms with Gasteiger partial charge in [-0.25, -0.2) is 0 Å². The summed E-state index contributed by atoms with van der Waals surface area (Å²) in [5.74, 6) is 2.08. The molecule has 1 aliphatic rings. The van der Waals surface area contributed by atoms with Crippen molar-refractivity contribution in [2.24, 2.45) is 5.41 Å². The van der Waals surface area contributed by atoms with Crippen molar-refractivity contribution in [3.05, 3.63) is 24.2 Å². The molecule has 2 unspecified atom stereocenters. The third kappa shape index (κ3) is 2.46. The monoisotopic (exact) mass is 239 g/mol. The van der Waals surface area contributed by atoms with Gasteiger partial charge >= 0.3 is 0 Å². The van der Waals surface area contributed by atoms with Crippen molar-refractivity contribution in [3.8, 4) is 0 Å². The maximum Gasteiger partial charge on any atom is 0.113 e. The second kappa shape index (κ2) is 4.84. The zero-order valence-electron chi connectivity index (χ0n) is 10.3. The van der Waals surface area contributed by atoms with Gasteiger partial charge < -0.3 is 9.73 Å². The molecule has 1 N–H and O–H groups in total. The van der Waals surface area contributed by atoms with E-state index in [0.29, 0.717) is 16.7 Å². The predicted octanol–water partition coefficient (Wildman–Crippen LogP) is 3.29. The Morgan fingerprint density at radius 2 is 2.38 bits per heavy atom. The van der Waals surface area contributed by atoms with Crippen molar-refractivity contribution in [1.82, 2.24) is 5.32 Å². The van der Waals surface area contributed by atoms with Gasteiger partial charge in [-0.1, -0.05) is 13.8 Å². The van der Waals surface area contributed by atoms with Gasteiger partial charge in [0.05, 0.1) is 12.0 Å². The first-order chi connectivity index (χ1) is 7.63. The van der Waals surface area contributed by atoms with Crippen LogP contribution in [0.3, 0.4) is 0 Å². The minimum atomic E-state index is 0.426. The summed E-state index contributed by atoms with van der Waals surface area (Å²) in [4.78, 5) is 0. The van der Waals surface area contributed by atoms with Gasteiger partial charge in [0.1, 0.15) is 5.76 Å². The molecule has 0 aliphatic heterocycles. The smallest absolute Gasteiger partial charge is 0.113 e. The van der Waals surface area contributed by atoms with E-state index in [1.54, 1.807) is 6.26 Å². The molecule has 1 fully saturated rings. The van der Waals surface area contributed by atoms with Crippen LogP contribution in [0.25, 0.3) is 0 Å². The standard InChI is InChI=1S/C13H21NOS/c1-13(2)7-6-11(12(13)14-3)16-9-10-5-4-8-15-10/h4-5,8,11-12,14H,6-7,9H2,1-3H3. The Labute approximate surface area is 102 Å². The number of rotatable bonds is 4. The van der Waals surface area contributed by atoms with Crippen LogP contribution in [0.2, 0.25) is 0 Å². The van der Waals surface area contributed by atoms with Gasteiger partial charge in [0.15, 0.2) is 0 Å². The zero-order chi connectivity index (χ0) is 11.6. The van der Waals surface area contributed by atoms with Crippen molar-refractivity contribution >= 4 is 11.8 Å². The third-order valence-electron chi connectivity index (χ3n) is 3.62. The topological polar surface area (TPSA) is 25.2 Å². The SMILES string of the molecule is CNC1C(SCc2ccco2)CCC1(C)C. The highest BCUT2D eigenvalue weighted by Gasteiger charge is 2.40. The minimum Gasteiger partial charge on any atom is -0.468 e. The first-order valence-electron chi connectivity index (χ1n) is 5.95. The van der Waals surface area contributed by atoms with Crippen molar-refractivity contribution in [3.63, 3.8) is 0 Å². The molecule has 0 spiro atoms. The minimum absolute atomic E-state index is 0.426. The van der Waals surface area contributed by atoms with Gasteiger partial charge in [0, 0.05) is 11.3 Å². The summed E-state index contributed by atoms with van der Waals surface area (Å²) in [5, 5.41) is 4.20. The lowest BCUT2D eigenvalue weighted by Crippen LogP contribution is -2.41. The second-order valence-corrected chi connectivity index (χ2v) is 6.45. The highest BCUT2D eigenvalue weighted by atomic mass is 32.2. The summed E-state index contributed by atoms with van der Waals surface area (Å²) < 4.78 is 5.37. The Kier molecular flexibility index (Phi) is 3.65. The normalized spacial score (nSPS) is 28.4. The first kappa shape index (κ1) is 12.1. The van der Waals surface area contributed by atoms with Crippen LogP contribution < -0.4 is 5.32 Å². The summed E-state index contributed by atoms with van der Waals surface area (Å²) in [6, 6.07) is 4.64. The van der Waals surface area contributed by atoms with Gasteiger partial charge in [-0.05, 0) is 37.4 Å². The van der Waals surface area contributed by atoms with Crippen LogP contribution in [-0.4, -0.2) is 18.3 Å². The molecule has 2 atom stereocenters. The summed E-state index contributed by atoms with van der Waals surface area (Å²) in [5.41, 5.74) is 0.426. The molecule has 0 aromatic carbocycles. The summed E-state index contributed by atoms with van der Waals surface area (Å²) in [7, 11) is 2.08. The van der Waals surface area contributed by atoms with Crippen molar-refractivity contribution in [1.29, 1.82) is 0 Å². The fourth-order valence-corrected chi connectivity index (χ4v) is 4.20. The lowest BCUT2D eigenvalue weighted by atomic mass is 9.87. The Hall–Kier alpha value is -0.410. The molecule has 1 aromatic heterocycles. The van der Waals surface area contributed by atoms with Gasteiger partial charge in [-0.3, -0.25) is 0 Å². The van der Waals surface area contributed by atoms with Gasteiger partial charge in [-0.2, -0.15) is 0 Å². The second-order valence-electron chi connectivity index (χ2n) is 5.22. The number of nitrogens with one attached hydrogen (secondary N) is 1. The number of thioether (sulfide) groups is 1. The van der Waals surface area contributed by atoms with Crippen LogP contribution >= 0.6 is 11.8 Å². The van der Waals surface area contributed by atoms with Gasteiger partial charge in [0.25, 0.3) is 0 Å². The first-order valence-corrected chi connectivity index (χ1v) is 6.99. The Bertz CT molecular complexity index is 321. The highest BCUT2D eigenvalue weighted by molar-refractivity contribution is 7.99. The van der Waals surface area contributed by atoms with Crippen LogP contribution in [0.5, 0.6) is 0 Å². The zero-order valence-corrected chi connectivity index (χ0v) is 11.1. The van der Waals surface area contributed by atoms with E-state index < -0.39 is 0 Å². The van der Waals surface area contributed by atoms with Crippen LogP contribution in [0.4, 0.5) is 0 Å². The average Bonchev–Trinajstić information content (AvgIpc) is 2.82. The molecular weight excluding hydrogens is 218 g/mol. The van der Waals surface area contributed by atoms with Crippen LogP contribution in [0.1, 0.15) is 32.4 Å². The summed E-state index contributed by atoms with van der Waals surface area (Å²) in [6.07, 6.45) is 4.38. The molecule has 0 radical (unpaired) electrons. The van der Waals surface area contributed by atoms with E-state index in [-0.39, 0.29) is 0 Å². The van der Waals surface area contributed by atoms with Gasteiger partial charge in [-0.15, -0.1) is 11.8 Å². The van der Waals surface area contributed by atoms with E-state index >= 15 is 0 Å². The van der Waals surface area contributed by atoms with E-state index in [0.717, 1.165) is 11.5 Å².